The van der Waals surface area contributed by atoms with E-state index < -0.39 is 0 Å². The Hall–Kier alpha value is -2.16. The number of phenols is 1. The summed E-state index contributed by atoms with van der Waals surface area (Å²) in [5.74, 6) is 2.68. The summed E-state index contributed by atoms with van der Waals surface area (Å²) in [6.07, 6.45) is 1.93. The second kappa shape index (κ2) is 13.1. The van der Waals surface area contributed by atoms with E-state index in [-0.39, 0.29) is 24.0 Å². The average molecular weight is 485 g/mol. The molecule has 2 rings (SSSR count). The van der Waals surface area contributed by atoms with Crippen LogP contribution in [0.5, 0.6) is 17.2 Å². The van der Waals surface area contributed by atoms with E-state index in [1.807, 2.05) is 36.4 Å². The molecular formula is C20H28IN3O3. The highest BCUT2D eigenvalue weighted by molar-refractivity contribution is 14.0. The normalized spacial score (nSPS) is 10.7. The number of phenolic OH excluding ortho intramolecular Hbond substituents is 1. The van der Waals surface area contributed by atoms with Gasteiger partial charge in [-0.15, -0.1) is 24.0 Å². The van der Waals surface area contributed by atoms with Gasteiger partial charge in [0, 0.05) is 13.6 Å². The Balaban J connectivity index is 0.00000364. The zero-order valence-corrected chi connectivity index (χ0v) is 18.1. The summed E-state index contributed by atoms with van der Waals surface area (Å²) in [5.41, 5.74) is 1.21. The Morgan fingerprint density at radius 2 is 1.59 bits per heavy atom. The Morgan fingerprint density at radius 1 is 0.963 bits per heavy atom. The molecule has 0 fully saturated rings. The number of benzene rings is 2. The quantitative estimate of drug-likeness (QED) is 0.220. The van der Waals surface area contributed by atoms with Crippen LogP contribution in [0, 0.1) is 0 Å². The van der Waals surface area contributed by atoms with E-state index in [0.717, 1.165) is 36.8 Å². The van der Waals surface area contributed by atoms with Gasteiger partial charge in [0.25, 0.3) is 0 Å². The van der Waals surface area contributed by atoms with Crippen LogP contribution in [0.1, 0.15) is 12.0 Å². The number of hydrogen-bond donors (Lipinski definition) is 3. The van der Waals surface area contributed by atoms with Gasteiger partial charge in [-0.05, 0) is 54.8 Å². The maximum Gasteiger partial charge on any atom is 0.191 e. The van der Waals surface area contributed by atoms with Gasteiger partial charge >= 0.3 is 0 Å². The number of aromatic hydroxyl groups is 1. The maximum atomic E-state index is 9.28. The van der Waals surface area contributed by atoms with E-state index in [4.69, 9.17) is 9.47 Å². The molecule has 2 aromatic carbocycles. The molecule has 0 aromatic heterocycles. The van der Waals surface area contributed by atoms with Crippen molar-refractivity contribution in [3.05, 3.63) is 54.1 Å². The fourth-order valence-corrected chi connectivity index (χ4v) is 2.39. The van der Waals surface area contributed by atoms with E-state index >= 15 is 0 Å². The van der Waals surface area contributed by atoms with Crippen LogP contribution in [0.2, 0.25) is 0 Å². The Labute approximate surface area is 178 Å². The zero-order chi connectivity index (χ0) is 18.6. The number of methoxy groups -OCH3 is 1. The number of halogens is 1. The smallest absolute Gasteiger partial charge is 0.191 e. The van der Waals surface area contributed by atoms with E-state index in [1.54, 1.807) is 26.3 Å². The highest BCUT2D eigenvalue weighted by Crippen LogP contribution is 2.16. The van der Waals surface area contributed by atoms with Crippen molar-refractivity contribution in [3.63, 3.8) is 0 Å². The lowest BCUT2D eigenvalue weighted by Gasteiger charge is -2.12. The molecule has 0 unspecified atom stereocenters. The molecule has 0 aliphatic rings. The SMILES string of the molecule is CN=C(NCCCc1ccc(O)cc1)NCCOc1ccc(OC)cc1.I. The first kappa shape index (κ1) is 22.9. The van der Waals surface area contributed by atoms with Gasteiger partial charge in [-0.3, -0.25) is 4.99 Å². The Morgan fingerprint density at radius 3 is 2.22 bits per heavy atom. The Kier molecular flexibility index (Phi) is 11.1. The van der Waals surface area contributed by atoms with Gasteiger partial charge in [-0.1, -0.05) is 12.1 Å². The first-order valence-electron chi connectivity index (χ1n) is 8.70. The standard InChI is InChI=1S/C20H27N3O3.HI/c1-21-20(22-13-3-4-16-5-7-17(24)8-6-16)23-14-15-26-19-11-9-18(25-2)10-12-19;/h5-12,24H,3-4,13-15H2,1-2H3,(H2,21,22,23);1H. The second-order valence-corrected chi connectivity index (χ2v) is 5.72. The highest BCUT2D eigenvalue weighted by Gasteiger charge is 1.99. The zero-order valence-electron chi connectivity index (χ0n) is 15.8. The summed E-state index contributed by atoms with van der Waals surface area (Å²) in [6.45, 7) is 2.02. The topological polar surface area (TPSA) is 75.1 Å². The van der Waals surface area contributed by atoms with Gasteiger partial charge in [-0.25, -0.2) is 0 Å². The van der Waals surface area contributed by atoms with Gasteiger partial charge in [0.2, 0.25) is 0 Å². The van der Waals surface area contributed by atoms with Crippen LogP contribution in [0.3, 0.4) is 0 Å². The van der Waals surface area contributed by atoms with Gasteiger partial charge in [0.05, 0.1) is 13.7 Å². The van der Waals surface area contributed by atoms with Crippen LogP contribution in [-0.4, -0.2) is 44.9 Å². The summed E-state index contributed by atoms with van der Waals surface area (Å²) in [7, 11) is 3.39. The van der Waals surface area contributed by atoms with Crippen molar-refractivity contribution in [2.45, 2.75) is 12.8 Å². The van der Waals surface area contributed by atoms with Crippen LogP contribution in [0.4, 0.5) is 0 Å². The fourth-order valence-electron chi connectivity index (χ4n) is 2.39. The van der Waals surface area contributed by atoms with Crippen LogP contribution in [-0.2, 0) is 6.42 Å². The lowest BCUT2D eigenvalue weighted by Crippen LogP contribution is -2.39. The number of nitrogens with zero attached hydrogens (tertiary/aromatic N) is 1. The molecule has 2 aromatic rings. The molecule has 7 heteroatoms. The molecule has 0 heterocycles. The third-order valence-electron chi connectivity index (χ3n) is 3.82. The minimum absolute atomic E-state index is 0. The molecule has 0 aliphatic carbocycles. The van der Waals surface area contributed by atoms with E-state index in [0.29, 0.717) is 18.9 Å². The molecule has 0 spiro atoms. The number of nitrogens with one attached hydrogen (secondary N) is 2. The molecule has 0 saturated carbocycles. The third kappa shape index (κ3) is 8.85. The number of aryl methyl sites for hydroxylation is 1. The van der Waals surface area contributed by atoms with Crippen molar-refractivity contribution in [1.82, 2.24) is 10.6 Å². The molecule has 148 valence electrons. The summed E-state index contributed by atoms with van der Waals surface area (Å²) < 4.78 is 10.8. The van der Waals surface area contributed by atoms with E-state index in [2.05, 4.69) is 15.6 Å². The highest BCUT2D eigenvalue weighted by atomic mass is 127. The van der Waals surface area contributed by atoms with Crippen LogP contribution in [0.15, 0.2) is 53.5 Å². The molecule has 0 amide bonds. The van der Waals surface area contributed by atoms with Crippen LogP contribution < -0.4 is 20.1 Å². The number of aliphatic imine (C=N–C) groups is 1. The molecule has 3 N–H and O–H groups in total. The predicted octanol–water partition coefficient (Wildman–Crippen LogP) is 3.20. The lowest BCUT2D eigenvalue weighted by molar-refractivity contribution is 0.321. The first-order chi connectivity index (χ1) is 12.7. The van der Waals surface area contributed by atoms with Gasteiger partial charge in [0.15, 0.2) is 5.96 Å². The van der Waals surface area contributed by atoms with Crippen LogP contribution in [0.25, 0.3) is 0 Å². The van der Waals surface area contributed by atoms with Gasteiger partial charge in [0.1, 0.15) is 23.9 Å². The second-order valence-electron chi connectivity index (χ2n) is 5.72. The summed E-state index contributed by atoms with van der Waals surface area (Å²) >= 11 is 0. The number of hydrogen-bond acceptors (Lipinski definition) is 4. The average Bonchev–Trinajstić information content (AvgIpc) is 2.68. The number of ether oxygens (including phenoxy) is 2. The van der Waals surface area contributed by atoms with Crippen LogP contribution >= 0.6 is 24.0 Å². The van der Waals surface area contributed by atoms with E-state index in [9.17, 15) is 5.11 Å². The van der Waals surface area contributed by atoms with Gasteiger partial charge < -0.3 is 25.2 Å². The summed E-state index contributed by atoms with van der Waals surface area (Å²) in [5, 5.41) is 15.8. The lowest BCUT2D eigenvalue weighted by atomic mass is 10.1. The predicted molar refractivity (Wildman–Crippen MR) is 120 cm³/mol. The molecule has 27 heavy (non-hydrogen) atoms. The first-order valence-corrected chi connectivity index (χ1v) is 8.70. The maximum absolute atomic E-state index is 9.28. The molecule has 0 radical (unpaired) electrons. The number of guanidine groups is 1. The third-order valence-corrected chi connectivity index (χ3v) is 3.82. The van der Waals surface area contributed by atoms with Crippen molar-refractivity contribution < 1.29 is 14.6 Å². The molecule has 0 saturated heterocycles. The van der Waals surface area contributed by atoms with Gasteiger partial charge in [-0.2, -0.15) is 0 Å². The minimum Gasteiger partial charge on any atom is -0.508 e. The molecule has 0 aliphatic heterocycles. The molecule has 0 bridgehead atoms. The van der Waals surface area contributed by atoms with Crippen molar-refractivity contribution >= 4 is 29.9 Å². The molecule has 0 atom stereocenters. The van der Waals surface area contributed by atoms with E-state index in [1.165, 1.54) is 5.56 Å². The minimum atomic E-state index is 0. The van der Waals surface area contributed by atoms with Crippen molar-refractivity contribution in [2.75, 3.05) is 33.9 Å². The summed E-state index contributed by atoms with van der Waals surface area (Å²) in [6, 6.07) is 14.8. The van der Waals surface area contributed by atoms with Crippen molar-refractivity contribution in [2.24, 2.45) is 4.99 Å². The monoisotopic (exact) mass is 485 g/mol. The van der Waals surface area contributed by atoms with Crippen molar-refractivity contribution in [3.8, 4) is 17.2 Å². The molecular weight excluding hydrogens is 457 g/mol. The fraction of sp³-hybridized carbons (Fsp3) is 0.350. The number of rotatable bonds is 9. The van der Waals surface area contributed by atoms with Crippen molar-refractivity contribution in [1.29, 1.82) is 0 Å². The largest absolute Gasteiger partial charge is 0.508 e. The molecule has 6 nitrogen and oxygen atoms in total. The Bertz CT molecular complexity index is 676. The summed E-state index contributed by atoms with van der Waals surface area (Å²) in [4.78, 5) is 4.20.